The third-order valence-electron chi connectivity index (χ3n) is 2.29. The molecule has 0 aromatic carbocycles. The predicted molar refractivity (Wildman–Crippen MR) is 71.0 cm³/mol. The van der Waals surface area contributed by atoms with Crippen molar-refractivity contribution < 1.29 is 17.9 Å². The Morgan fingerprint density at radius 1 is 1.30 bits per heavy atom. The minimum Gasteiger partial charge on any atom is -0.475 e. The summed E-state index contributed by atoms with van der Waals surface area (Å²) in [6.07, 6.45) is 2.73. The molecular weight excluding hydrogens is 284 g/mol. The van der Waals surface area contributed by atoms with Gasteiger partial charge >= 0.3 is 0 Å². The smallest absolute Gasteiger partial charge is 0.278 e. The fraction of sp³-hybridized carbons (Fsp3) is 0.273. The normalized spacial score (nSPS) is 11.2. The summed E-state index contributed by atoms with van der Waals surface area (Å²) in [5.41, 5.74) is 0.332. The number of pyridine rings is 1. The highest BCUT2D eigenvalue weighted by atomic mass is 32.2. The molecule has 9 heteroatoms. The van der Waals surface area contributed by atoms with Crippen LogP contribution in [0.4, 0.5) is 5.69 Å². The van der Waals surface area contributed by atoms with Crippen molar-refractivity contribution in [3.8, 4) is 5.88 Å². The molecule has 2 heterocycles. The first kappa shape index (κ1) is 14.3. The second kappa shape index (κ2) is 6.35. The lowest BCUT2D eigenvalue weighted by molar-refractivity contribution is 0.144. The first-order chi connectivity index (χ1) is 9.62. The molecule has 2 aromatic heterocycles. The molecule has 0 saturated carbocycles. The van der Waals surface area contributed by atoms with Crippen molar-refractivity contribution >= 4 is 15.7 Å². The predicted octanol–water partition coefficient (Wildman–Crippen LogP) is 0.631. The lowest BCUT2D eigenvalue weighted by Crippen LogP contribution is -2.13. The molecule has 0 unspecified atom stereocenters. The molecule has 0 aliphatic heterocycles. The third-order valence-corrected chi connectivity index (χ3v) is 3.60. The van der Waals surface area contributed by atoms with Crippen molar-refractivity contribution in [2.24, 2.45) is 0 Å². The Hall–Kier alpha value is -2.13. The van der Waals surface area contributed by atoms with Gasteiger partial charge in [0, 0.05) is 13.2 Å². The van der Waals surface area contributed by atoms with Crippen LogP contribution in [0.5, 0.6) is 5.88 Å². The fourth-order valence-corrected chi connectivity index (χ4v) is 2.31. The Labute approximate surface area is 116 Å². The minimum absolute atomic E-state index is 0.0158. The van der Waals surface area contributed by atoms with Crippen LogP contribution in [0.1, 0.15) is 0 Å². The highest BCUT2D eigenvalue weighted by Gasteiger charge is 2.15. The molecular formula is C11H14N4O4S. The van der Waals surface area contributed by atoms with Crippen molar-refractivity contribution in [3.05, 3.63) is 30.6 Å². The Bertz CT molecular complexity index is 625. The molecule has 20 heavy (non-hydrogen) atoms. The lowest BCUT2D eigenvalue weighted by Gasteiger charge is -2.07. The summed E-state index contributed by atoms with van der Waals surface area (Å²) in [7, 11) is -2.10. The summed E-state index contributed by atoms with van der Waals surface area (Å²) in [6, 6.07) is 4.49. The van der Waals surface area contributed by atoms with Gasteiger partial charge in [-0.3, -0.25) is 9.82 Å². The highest BCUT2D eigenvalue weighted by Crippen LogP contribution is 2.15. The van der Waals surface area contributed by atoms with E-state index < -0.39 is 10.0 Å². The van der Waals surface area contributed by atoms with Crippen LogP contribution in [0.3, 0.4) is 0 Å². The van der Waals surface area contributed by atoms with E-state index in [1.807, 2.05) is 0 Å². The van der Waals surface area contributed by atoms with E-state index in [1.165, 1.54) is 18.5 Å². The molecule has 0 saturated heterocycles. The maximum atomic E-state index is 11.9. The first-order valence-corrected chi connectivity index (χ1v) is 7.20. The number of aromatic amines is 1. The second-order valence-corrected chi connectivity index (χ2v) is 5.40. The van der Waals surface area contributed by atoms with E-state index in [0.717, 1.165) is 0 Å². The Morgan fingerprint density at radius 3 is 2.75 bits per heavy atom. The van der Waals surface area contributed by atoms with Crippen molar-refractivity contribution in [2.45, 2.75) is 5.03 Å². The average molecular weight is 298 g/mol. The van der Waals surface area contributed by atoms with Gasteiger partial charge in [-0.05, 0) is 12.1 Å². The van der Waals surface area contributed by atoms with Crippen molar-refractivity contribution in [1.29, 1.82) is 0 Å². The number of ether oxygens (including phenoxy) is 2. The summed E-state index contributed by atoms with van der Waals surface area (Å²) in [5.74, 6) is 0.395. The number of hydrogen-bond donors (Lipinski definition) is 2. The van der Waals surface area contributed by atoms with Crippen LogP contribution in [0.15, 0.2) is 35.6 Å². The zero-order chi connectivity index (χ0) is 14.4. The SMILES string of the molecule is COCCOc1ccc(NS(=O)(=O)c2ccn[nH]2)cn1. The second-order valence-electron chi connectivity index (χ2n) is 3.75. The third kappa shape index (κ3) is 3.68. The van der Waals surface area contributed by atoms with E-state index in [0.29, 0.717) is 24.8 Å². The molecule has 0 fully saturated rings. The summed E-state index contributed by atoms with van der Waals surface area (Å²) >= 11 is 0. The van der Waals surface area contributed by atoms with Gasteiger partial charge in [0.05, 0.1) is 24.7 Å². The van der Waals surface area contributed by atoms with Crippen LogP contribution in [-0.2, 0) is 14.8 Å². The zero-order valence-electron chi connectivity index (χ0n) is 10.7. The summed E-state index contributed by atoms with van der Waals surface area (Å²) < 4.78 is 36.3. The van der Waals surface area contributed by atoms with Gasteiger partial charge in [-0.25, -0.2) is 4.98 Å². The van der Waals surface area contributed by atoms with Gasteiger partial charge in [0.1, 0.15) is 6.61 Å². The monoisotopic (exact) mass is 298 g/mol. The summed E-state index contributed by atoms with van der Waals surface area (Å²) in [6.45, 7) is 0.832. The number of H-pyrrole nitrogens is 1. The molecule has 2 N–H and O–H groups in total. The number of anilines is 1. The molecule has 108 valence electrons. The van der Waals surface area contributed by atoms with Gasteiger partial charge in [-0.2, -0.15) is 13.5 Å². The number of nitrogens with one attached hydrogen (secondary N) is 2. The number of rotatable bonds is 7. The maximum absolute atomic E-state index is 11.9. The molecule has 0 atom stereocenters. The van der Waals surface area contributed by atoms with Crippen LogP contribution >= 0.6 is 0 Å². The molecule has 8 nitrogen and oxygen atoms in total. The van der Waals surface area contributed by atoms with Gasteiger partial charge in [0.2, 0.25) is 5.88 Å². The zero-order valence-corrected chi connectivity index (χ0v) is 11.6. The van der Waals surface area contributed by atoms with Gasteiger partial charge in [0.15, 0.2) is 5.03 Å². The fourth-order valence-electron chi connectivity index (χ4n) is 1.36. The highest BCUT2D eigenvalue weighted by molar-refractivity contribution is 7.92. The van der Waals surface area contributed by atoms with E-state index in [-0.39, 0.29) is 5.03 Å². The van der Waals surface area contributed by atoms with E-state index in [4.69, 9.17) is 9.47 Å². The molecule has 2 rings (SSSR count). The van der Waals surface area contributed by atoms with Gasteiger partial charge < -0.3 is 9.47 Å². The van der Waals surface area contributed by atoms with E-state index in [1.54, 1.807) is 19.2 Å². The average Bonchev–Trinajstić information content (AvgIpc) is 2.95. The molecule has 0 spiro atoms. The van der Waals surface area contributed by atoms with Crippen molar-refractivity contribution in [3.63, 3.8) is 0 Å². The maximum Gasteiger partial charge on any atom is 0.278 e. The Morgan fingerprint density at radius 2 is 2.15 bits per heavy atom. The number of methoxy groups -OCH3 is 1. The minimum atomic E-state index is -3.67. The molecule has 2 aromatic rings. The molecule has 0 bridgehead atoms. The van der Waals surface area contributed by atoms with E-state index in [2.05, 4.69) is 19.9 Å². The lowest BCUT2D eigenvalue weighted by atomic mass is 10.4. The molecule has 0 aliphatic rings. The van der Waals surface area contributed by atoms with E-state index >= 15 is 0 Å². The summed E-state index contributed by atoms with van der Waals surface area (Å²) in [5, 5.41) is 5.96. The number of nitrogens with zero attached hydrogens (tertiary/aromatic N) is 2. The number of sulfonamides is 1. The topological polar surface area (TPSA) is 106 Å². The Balaban J connectivity index is 2.00. The van der Waals surface area contributed by atoms with Gasteiger partial charge in [-0.15, -0.1) is 0 Å². The van der Waals surface area contributed by atoms with Crippen LogP contribution in [0, 0.1) is 0 Å². The molecule has 0 radical (unpaired) electrons. The quantitative estimate of drug-likeness (QED) is 0.726. The molecule has 0 aliphatic carbocycles. The van der Waals surface area contributed by atoms with Crippen LogP contribution in [-0.4, -0.2) is 43.9 Å². The van der Waals surface area contributed by atoms with E-state index in [9.17, 15) is 8.42 Å². The van der Waals surface area contributed by atoms with Gasteiger partial charge in [0.25, 0.3) is 10.0 Å². The van der Waals surface area contributed by atoms with Crippen LogP contribution in [0.2, 0.25) is 0 Å². The van der Waals surface area contributed by atoms with Crippen LogP contribution < -0.4 is 9.46 Å². The van der Waals surface area contributed by atoms with Crippen molar-refractivity contribution in [2.75, 3.05) is 25.0 Å². The number of hydrogen-bond acceptors (Lipinski definition) is 6. The standard InChI is InChI=1S/C11H14N4O4S/c1-18-6-7-19-10-3-2-9(8-12-10)15-20(16,17)11-4-5-13-14-11/h2-5,8,15H,6-7H2,1H3,(H,13,14). The first-order valence-electron chi connectivity index (χ1n) is 5.72. The Kier molecular flexibility index (Phi) is 4.53. The van der Waals surface area contributed by atoms with Gasteiger partial charge in [-0.1, -0.05) is 0 Å². The summed E-state index contributed by atoms with van der Waals surface area (Å²) in [4.78, 5) is 3.99. The number of aromatic nitrogens is 3. The van der Waals surface area contributed by atoms with Crippen molar-refractivity contribution in [1.82, 2.24) is 15.2 Å². The molecule has 0 amide bonds. The largest absolute Gasteiger partial charge is 0.475 e. The van der Waals surface area contributed by atoms with Crippen LogP contribution in [0.25, 0.3) is 0 Å².